The van der Waals surface area contributed by atoms with Gasteiger partial charge >= 0.3 is 0 Å². The fourth-order valence-corrected chi connectivity index (χ4v) is 3.61. The molecule has 5 aromatic rings. The van der Waals surface area contributed by atoms with Gasteiger partial charge in [0.15, 0.2) is 5.82 Å². The van der Waals surface area contributed by atoms with Gasteiger partial charge in [0.05, 0.1) is 11.0 Å². The molecule has 0 saturated heterocycles. The third-order valence-corrected chi connectivity index (χ3v) is 5.35. The summed E-state index contributed by atoms with van der Waals surface area (Å²) in [6, 6.07) is 25.1. The standard InChI is InChI=1S/C24H21N7O/c1-16(17-8-3-2-4-9-17)15-25-24(32)18-10-7-11-19(14-18)26-22-23-28-29-30-31(23)21-13-6-5-12-20(21)27-22/h2-14,16H,15H2,1H3,(H,25,32)(H,26,27)/t16-/m0/s1. The van der Waals surface area contributed by atoms with Crippen molar-refractivity contribution < 1.29 is 4.79 Å². The zero-order valence-electron chi connectivity index (χ0n) is 17.4. The number of anilines is 2. The number of rotatable bonds is 6. The van der Waals surface area contributed by atoms with Crippen molar-refractivity contribution in [2.45, 2.75) is 12.8 Å². The molecule has 2 N–H and O–H groups in total. The van der Waals surface area contributed by atoms with Gasteiger partial charge in [-0.05, 0) is 52.2 Å². The van der Waals surface area contributed by atoms with E-state index >= 15 is 0 Å². The third kappa shape index (κ3) is 3.85. The molecule has 3 aromatic carbocycles. The molecule has 0 aliphatic heterocycles. The molecule has 5 rings (SSSR count). The number of nitrogens with one attached hydrogen (secondary N) is 2. The molecule has 0 saturated carbocycles. The lowest BCUT2D eigenvalue weighted by Crippen LogP contribution is -2.27. The lowest BCUT2D eigenvalue weighted by atomic mass is 10.0. The molecular formula is C24H21N7O. The number of nitrogens with zero attached hydrogens (tertiary/aromatic N) is 5. The molecule has 2 heterocycles. The summed E-state index contributed by atoms with van der Waals surface area (Å²) >= 11 is 0. The van der Waals surface area contributed by atoms with Crippen LogP contribution in [-0.2, 0) is 0 Å². The lowest BCUT2D eigenvalue weighted by Gasteiger charge is -2.14. The second-order valence-electron chi connectivity index (χ2n) is 7.59. The summed E-state index contributed by atoms with van der Waals surface area (Å²) in [6.07, 6.45) is 0. The summed E-state index contributed by atoms with van der Waals surface area (Å²) in [5.41, 5.74) is 4.57. The van der Waals surface area contributed by atoms with Crippen molar-refractivity contribution in [2.24, 2.45) is 0 Å². The number of tetrazole rings is 1. The number of amides is 1. The van der Waals surface area contributed by atoms with Crippen LogP contribution in [-0.4, -0.2) is 37.5 Å². The van der Waals surface area contributed by atoms with Crippen molar-refractivity contribution in [1.82, 2.24) is 30.3 Å². The average molecular weight is 423 g/mol. The van der Waals surface area contributed by atoms with E-state index in [4.69, 9.17) is 0 Å². The van der Waals surface area contributed by atoms with Gasteiger partial charge in [0, 0.05) is 17.8 Å². The first-order chi connectivity index (χ1) is 15.7. The number of carbonyl (C=O) groups is 1. The summed E-state index contributed by atoms with van der Waals surface area (Å²) in [6.45, 7) is 2.65. The number of carbonyl (C=O) groups excluding carboxylic acids is 1. The van der Waals surface area contributed by atoms with Gasteiger partial charge in [-0.3, -0.25) is 4.79 Å². The number of benzene rings is 3. The van der Waals surface area contributed by atoms with E-state index in [1.54, 1.807) is 16.6 Å². The van der Waals surface area contributed by atoms with Gasteiger partial charge in [0.2, 0.25) is 5.65 Å². The summed E-state index contributed by atoms with van der Waals surface area (Å²) in [4.78, 5) is 17.4. The van der Waals surface area contributed by atoms with E-state index in [0.29, 0.717) is 23.6 Å². The SMILES string of the molecule is C[C@@H](CNC(=O)c1cccc(Nc2nc3ccccc3n3nnnc23)c1)c1ccccc1. The molecule has 1 amide bonds. The van der Waals surface area contributed by atoms with Gasteiger partial charge in [-0.15, -0.1) is 5.10 Å². The van der Waals surface area contributed by atoms with Gasteiger partial charge < -0.3 is 10.6 Å². The van der Waals surface area contributed by atoms with Crippen LogP contribution in [0, 0.1) is 0 Å². The number of fused-ring (bicyclic) bond motifs is 3. The first-order valence-electron chi connectivity index (χ1n) is 10.4. The molecule has 1 atom stereocenters. The molecule has 0 spiro atoms. The molecule has 8 heteroatoms. The molecule has 0 aliphatic rings. The lowest BCUT2D eigenvalue weighted by molar-refractivity contribution is 0.0951. The third-order valence-electron chi connectivity index (χ3n) is 5.35. The van der Waals surface area contributed by atoms with E-state index in [2.05, 4.69) is 50.2 Å². The van der Waals surface area contributed by atoms with Crippen molar-refractivity contribution in [3.63, 3.8) is 0 Å². The molecule has 0 unspecified atom stereocenters. The van der Waals surface area contributed by atoms with Crippen molar-refractivity contribution in [3.8, 4) is 0 Å². The maximum atomic E-state index is 12.7. The molecule has 8 nitrogen and oxygen atoms in total. The van der Waals surface area contributed by atoms with E-state index in [1.165, 1.54) is 5.56 Å². The number of hydrogen-bond donors (Lipinski definition) is 2. The Morgan fingerprint density at radius 2 is 1.81 bits per heavy atom. The van der Waals surface area contributed by atoms with Crippen LogP contribution in [0.3, 0.4) is 0 Å². The van der Waals surface area contributed by atoms with E-state index in [1.807, 2.05) is 54.6 Å². The number of aromatic nitrogens is 5. The minimum atomic E-state index is -0.128. The van der Waals surface area contributed by atoms with Crippen LogP contribution in [0.1, 0.15) is 28.8 Å². The smallest absolute Gasteiger partial charge is 0.251 e. The Bertz CT molecular complexity index is 1400. The van der Waals surface area contributed by atoms with Gasteiger partial charge in [0.1, 0.15) is 0 Å². The van der Waals surface area contributed by atoms with Crippen molar-refractivity contribution in [3.05, 3.63) is 90.0 Å². The fraction of sp³-hybridized carbons (Fsp3) is 0.125. The van der Waals surface area contributed by atoms with Crippen LogP contribution in [0.4, 0.5) is 11.5 Å². The van der Waals surface area contributed by atoms with E-state index in [9.17, 15) is 4.79 Å². The maximum absolute atomic E-state index is 12.7. The minimum absolute atomic E-state index is 0.128. The Labute approximate surface area is 184 Å². The highest BCUT2D eigenvalue weighted by Crippen LogP contribution is 2.23. The van der Waals surface area contributed by atoms with Crippen molar-refractivity contribution in [2.75, 3.05) is 11.9 Å². The Morgan fingerprint density at radius 1 is 1.00 bits per heavy atom. The second kappa shape index (κ2) is 8.43. The van der Waals surface area contributed by atoms with Crippen LogP contribution in [0.5, 0.6) is 0 Å². The topological polar surface area (TPSA) is 97.1 Å². The molecule has 0 radical (unpaired) electrons. The maximum Gasteiger partial charge on any atom is 0.251 e. The normalized spacial score (nSPS) is 12.0. The molecule has 0 aliphatic carbocycles. The van der Waals surface area contributed by atoms with Crippen LogP contribution >= 0.6 is 0 Å². The Morgan fingerprint density at radius 3 is 2.69 bits per heavy atom. The van der Waals surface area contributed by atoms with Crippen molar-refractivity contribution >= 4 is 34.1 Å². The molecule has 32 heavy (non-hydrogen) atoms. The first kappa shape index (κ1) is 19.6. The Hall–Kier alpha value is -4.33. The molecule has 0 fully saturated rings. The Balaban J connectivity index is 1.35. The minimum Gasteiger partial charge on any atom is -0.351 e. The van der Waals surface area contributed by atoms with Crippen molar-refractivity contribution in [1.29, 1.82) is 0 Å². The highest BCUT2D eigenvalue weighted by atomic mass is 16.1. The summed E-state index contributed by atoms with van der Waals surface area (Å²) < 4.78 is 1.65. The molecule has 2 aromatic heterocycles. The van der Waals surface area contributed by atoms with E-state index < -0.39 is 0 Å². The quantitative estimate of drug-likeness (QED) is 0.429. The predicted molar refractivity (Wildman–Crippen MR) is 123 cm³/mol. The summed E-state index contributed by atoms with van der Waals surface area (Å²) in [5, 5.41) is 18.2. The van der Waals surface area contributed by atoms with Gasteiger partial charge in [-0.1, -0.05) is 55.5 Å². The largest absolute Gasteiger partial charge is 0.351 e. The van der Waals surface area contributed by atoms with E-state index in [0.717, 1.165) is 16.7 Å². The van der Waals surface area contributed by atoms with Gasteiger partial charge in [0.25, 0.3) is 5.91 Å². The van der Waals surface area contributed by atoms with Crippen LogP contribution < -0.4 is 10.6 Å². The Kier molecular flexibility index (Phi) is 5.17. The molecule has 158 valence electrons. The summed E-state index contributed by atoms with van der Waals surface area (Å²) in [5.74, 6) is 0.609. The molecule has 0 bridgehead atoms. The predicted octanol–water partition coefficient (Wildman–Crippen LogP) is 3.95. The fourth-order valence-electron chi connectivity index (χ4n) is 3.61. The monoisotopic (exact) mass is 423 g/mol. The van der Waals surface area contributed by atoms with Crippen LogP contribution in [0.2, 0.25) is 0 Å². The van der Waals surface area contributed by atoms with Gasteiger partial charge in [-0.2, -0.15) is 4.52 Å². The second-order valence-corrected chi connectivity index (χ2v) is 7.59. The number of para-hydroxylation sites is 2. The average Bonchev–Trinajstić information content (AvgIpc) is 3.34. The zero-order valence-corrected chi connectivity index (χ0v) is 17.4. The van der Waals surface area contributed by atoms with Crippen LogP contribution in [0.25, 0.3) is 16.7 Å². The highest BCUT2D eigenvalue weighted by molar-refractivity contribution is 5.95. The zero-order chi connectivity index (χ0) is 21.9. The summed E-state index contributed by atoms with van der Waals surface area (Å²) in [7, 11) is 0. The number of hydrogen-bond acceptors (Lipinski definition) is 6. The van der Waals surface area contributed by atoms with Crippen LogP contribution in [0.15, 0.2) is 78.9 Å². The first-order valence-corrected chi connectivity index (χ1v) is 10.4. The van der Waals surface area contributed by atoms with Gasteiger partial charge in [-0.25, -0.2) is 4.98 Å². The highest BCUT2D eigenvalue weighted by Gasteiger charge is 2.13. The molecular weight excluding hydrogens is 402 g/mol. The van der Waals surface area contributed by atoms with E-state index in [-0.39, 0.29) is 11.8 Å².